The van der Waals surface area contributed by atoms with E-state index in [1.54, 1.807) is 0 Å². The minimum absolute atomic E-state index is 0.108. The maximum atomic E-state index is 12.6. The first-order chi connectivity index (χ1) is 7.31. The molecule has 0 amide bonds. The Kier molecular flexibility index (Phi) is 3.96. The summed E-state index contributed by atoms with van der Waals surface area (Å²) in [4.78, 5) is 10.5. The van der Waals surface area contributed by atoms with Gasteiger partial charge in [0, 0.05) is 5.57 Å². The molecule has 0 saturated heterocycles. The second-order valence-electron chi connectivity index (χ2n) is 3.71. The number of aliphatic carboxylic acids is 1. The molecule has 104 valence electrons. The molecule has 1 atom stereocenters. The van der Waals surface area contributed by atoms with Crippen molar-refractivity contribution in [2.45, 2.75) is 38.4 Å². The van der Waals surface area contributed by atoms with Crippen LogP contribution in [0, 0.1) is 0 Å². The Morgan fingerprint density at radius 2 is 1.71 bits per heavy atom. The SMILES string of the molecule is CCCC(C=C(CC)C(=O)O)S(F)(F)(F)(F)F. The van der Waals surface area contributed by atoms with E-state index in [2.05, 4.69) is 0 Å². The van der Waals surface area contributed by atoms with Crippen molar-refractivity contribution in [1.29, 1.82) is 0 Å². The largest absolute Gasteiger partial charge is 0.478 e. The van der Waals surface area contributed by atoms with Gasteiger partial charge in [0.05, 0.1) is 0 Å². The Balaban J connectivity index is 5.51. The Morgan fingerprint density at radius 1 is 1.24 bits per heavy atom. The molecule has 0 aromatic rings. The summed E-state index contributed by atoms with van der Waals surface area (Å²) < 4.78 is 62.9. The van der Waals surface area contributed by atoms with Crippen LogP contribution in [0.25, 0.3) is 0 Å². The third-order valence-electron chi connectivity index (χ3n) is 2.19. The molecule has 0 aromatic heterocycles. The van der Waals surface area contributed by atoms with Crippen LogP contribution in [0.2, 0.25) is 0 Å². The third kappa shape index (κ3) is 5.38. The average Bonchev–Trinajstić information content (AvgIpc) is 2.07. The topological polar surface area (TPSA) is 37.3 Å². The molecule has 17 heavy (non-hydrogen) atoms. The monoisotopic (exact) mass is 282 g/mol. The van der Waals surface area contributed by atoms with Gasteiger partial charge in [-0.15, -0.1) is 0 Å². The summed E-state index contributed by atoms with van der Waals surface area (Å²) >= 11 is 0. The minimum atomic E-state index is -9.68. The fourth-order valence-electron chi connectivity index (χ4n) is 1.28. The van der Waals surface area contributed by atoms with Crippen molar-refractivity contribution in [2.24, 2.45) is 0 Å². The molecule has 0 bridgehead atoms. The molecule has 0 heterocycles. The standard InChI is InChI=1S/C9H15F5O2S/c1-3-5-8(17(10,11,12,13)14)6-7(4-2)9(15)16/h6,8H,3-5H2,1-2H3,(H,15,16). The first-order valence-corrected chi connectivity index (χ1v) is 7.00. The highest BCUT2D eigenvalue weighted by Gasteiger charge is 2.68. The van der Waals surface area contributed by atoms with Crippen LogP contribution in [-0.4, -0.2) is 16.3 Å². The van der Waals surface area contributed by atoms with Gasteiger partial charge in [0.25, 0.3) is 10.2 Å². The molecule has 0 aliphatic heterocycles. The summed E-state index contributed by atoms with van der Waals surface area (Å²) in [6, 6.07) is 0. The van der Waals surface area contributed by atoms with Gasteiger partial charge in [0.1, 0.15) is 5.25 Å². The van der Waals surface area contributed by atoms with Gasteiger partial charge < -0.3 is 5.11 Å². The lowest BCUT2D eigenvalue weighted by Crippen LogP contribution is -2.24. The summed E-state index contributed by atoms with van der Waals surface area (Å²) in [5, 5.41) is 5.59. The number of hydrogen-bond donors (Lipinski definition) is 1. The number of carboxylic acids is 1. The molecule has 0 aliphatic rings. The number of halogens is 5. The van der Waals surface area contributed by atoms with Crippen molar-refractivity contribution >= 4 is 16.2 Å². The molecule has 0 aliphatic carbocycles. The van der Waals surface area contributed by atoms with Gasteiger partial charge in [-0.3, -0.25) is 0 Å². The molecule has 0 spiro atoms. The highest BCUT2D eigenvalue weighted by Crippen LogP contribution is 3.00. The van der Waals surface area contributed by atoms with Gasteiger partial charge in [0.15, 0.2) is 0 Å². The Labute approximate surface area is 96.2 Å². The third-order valence-corrected chi connectivity index (χ3v) is 3.70. The first kappa shape index (κ1) is 16.2. The van der Waals surface area contributed by atoms with Gasteiger partial charge >= 0.3 is 5.97 Å². The Morgan fingerprint density at radius 3 is 1.94 bits per heavy atom. The van der Waals surface area contributed by atoms with Crippen molar-refractivity contribution in [3.8, 4) is 0 Å². The van der Waals surface area contributed by atoms with Crippen LogP contribution in [0.4, 0.5) is 19.4 Å². The second-order valence-corrected chi connectivity index (χ2v) is 6.37. The van der Waals surface area contributed by atoms with Crippen molar-refractivity contribution in [3.63, 3.8) is 0 Å². The van der Waals surface area contributed by atoms with Crippen LogP contribution >= 0.6 is 10.2 Å². The van der Waals surface area contributed by atoms with Crippen molar-refractivity contribution in [3.05, 3.63) is 11.6 Å². The van der Waals surface area contributed by atoms with Crippen LogP contribution < -0.4 is 0 Å². The predicted molar refractivity (Wildman–Crippen MR) is 57.8 cm³/mol. The number of hydrogen-bond acceptors (Lipinski definition) is 1. The summed E-state index contributed by atoms with van der Waals surface area (Å²) in [5.74, 6) is -1.60. The lowest BCUT2D eigenvalue weighted by Gasteiger charge is -2.46. The van der Waals surface area contributed by atoms with E-state index in [0.717, 1.165) is 0 Å². The maximum Gasteiger partial charge on any atom is 0.331 e. The van der Waals surface area contributed by atoms with E-state index < -0.39 is 33.4 Å². The Bertz CT molecular complexity index is 332. The van der Waals surface area contributed by atoms with Crippen LogP contribution in [0.15, 0.2) is 11.6 Å². The summed E-state index contributed by atoms with van der Waals surface area (Å²) in [7, 11) is -9.68. The van der Waals surface area contributed by atoms with E-state index in [1.807, 2.05) is 0 Å². The molecule has 0 saturated carbocycles. The van der Waals surface area contributed by atoms with Gasteiger partial charge in [-0.05, 0) is 12.8 Å². The molecular weight excluding hydrogens is 267 g/mol. The number of carboxylic acid groups (broad SMARTS) is 1. The minimum Gasteiger partial charge on any atom is -0.478 e. The normalized spacial score (nSPS) is 19.4. The summed E-state index contributed by atoms with van der Waals surface area (Å²) in [5.41, 5.74) is -0.642. The zero-order chi connectivity index (χ0) is 14.0. The quantitative estimate of drug-likeness (QED) is 0.557. The van der Waals surface area contributed by atoms with E-state index in [9.17, 15) is 24.2 Å². The van der Waals surface area contributed by atoms with Gasteiger partial charge in [-0.1, -0.05) is 45.8 Å². The molecule has 1 unspecified atom stereocenters. The van der Waals surface area contributed by atoms with Crippen molar-refractivity contribution in [2.75, 3.05) is 0 Å². The zero-order valence-corrected chi connectivity index (χ0v) is 10.2. The molecule has 0 rings (SSSR count). The fraction of sp³-hybridized carbons (Fsp3) is 0.667. The van der Waals surface area contributed by atoms with Crippen LogP contribution in [-0.2, 0) is 4.79 Å². The highest BCUT2D eigenvalue weighted by molar-refractivity contribution is 8.46. The fourth-order valence-corrected chi connectivity index (χ4v) is 2.39. The molecule has 0 fully saturated rings. The molecule has 1 N–H and O–H groups in total. The molecule has 0 radical (unpaired) electrons. The van der Waals surface area contributed by atoms with Gasteiger partial charge in [0.2, 0.25) is 0 Å². The van der Waals surface area contributed by atoms with Crippen LogP contribution in [0.3, 0.4) is 0 Å². The van der Waals surface area contributed by atoms with Gasteiger partial charge in [-0.25, -0.2) is 4.79 Å². The maximum absolute atomic E-state index is 12.6. The average molecular weight is 282 g/mol. The van der Waals surface area contributed by atoms with E-state index in [0.29, 0.717) is 0 Å². The molecule has 2 nitrogen and oxygen atoms in total. The van der Waals surface area contributed by atoms with E-state index in [4.69, 9.17) is 5.11 Å². The van der Waals surface area contributed by atoms with Gasteiger partial charge in [-0.2, -0.15) is 0 Å². The second kappa shape index (κ2) is 4.15. The van der Waals surface area contributed by atoms with Crippen LogP contribution in [0.5, 0.6) is 0 Å². The lowest BCUT2D eigenvalue weighted by atomic mass is 10.1. The highest BCUT2D eigenvalue weighted by atomic mass is 32.5. The molecule has 0 aromatic carbocycles. The summed E-state index contributed by atoms with van der Waals surface area (Å²) in [6.45, 7) is 2.63. The molecule has 8 heteroatoms. The van der Waals surface area contributed by atoms with E-state index in [-0.39, 0.29) is 18.9 Å². The zero-order valence-electron chi connectivity index (χ0n) is 9.43. The smallest absolute Gasteiger partial charge is 0.331 e. The Hall–Kier alpha value is -0.790. The van der Waals surface area contributed by atoms with Crippen molar-refractivity contribution in [1.82, 2.24) is 0 Å². The number of carbonyl (C=O) groups is 1. The van der Waals surface area contributed by atoms with Crippen molar-refractivity contribution < 1.29 is 29.3 Å². The lowest BCUT2D eigenvalue weighted by molar-refractivity contribution is -0.132. The first-order valence-electron chi connectivity index (χ1n) is 4.98. The summed E-state index contributed by atoms with van der Waals surface area (Å²) in [6.07, 6.45) is -1.00. The van der Waals surface area contributed by atoms with Crippen LogP contribution in [0.1, 0.15) is 33.1 Å². The number of rotatable bonds is 6. The van der Waals surface area contributed by atoms with E-state index >= 15 is 0 Å². The predicted octanol–water partition coefficient (Wildman–Crippen LogP) is 4.87. The van der Waals surface area contributed by atoms with E-state index in [1.165, 1.54) is 13.8 Å². The molecular formula is C9H15F5O2S.